The summed E-state index contributed by atoms with van der Waals surface area (Å²) in [6.07, 6.45) is 0. The van der Waals surface area contributed by atoms with Gasteiger partial charge in [0, 0.05) is 6.07 Å². The minimum atomic E-state index is -3.94. The second-order valence-corrected chi connectivity index (χ2v) is 9.22. The van der Waals surface area contributed by atoms with Crippen LogP contribution in [-0.2, 0) is 10.0 Å². The van der Waals surface area contributed by atoms with Crippen LogP contribution in [0.25, 0.3) is 0 Å². The fourth-order valence-corrected chi connectivity index (χ4v) is 5.06. The van der Waals surface area contributed by atoms with Gasteiger partial charge >= 0.3 is 0 Å². The molecule has 0 radical (unpaired) electrons. The Bertz CT molecular complexity index is 1180. The number of halogens is 1. The summed E-state index contributed by atoms with van der Waals surface area (Å²) >= 11 is 6.36. The quantitative estimate of drug-likeness (QED) is 0.512. The first-order chi connectivity index (χ1) is 15.0. The third-order valence-electron chi connectivity index (χ3n) is 4.87. The van der Waals surface area contributed by atoms with Gasteiger partial charge in [0.25, 0.3) is 10.0 Å². The third-order valence-corrected chi connectivity index (χ3v) is 7.00. The van der Waals surface area contributed by atoms with Crippen molar-refractivity contribution in [1.29, 1.82) is 0 Å². The van der Waals surface area contributed by atoms with Crippen LogP contribution in [0.1, 0.15) is 5.56 Å². The van der Waals surface area contributed by atoms with Crippen molar-refractivity contribution in [2.45, 2.75) is 11.8 Å². The maximum absolute atomic E-state index is 13.6. The van der Waals surface area contributed by atoms with E-state index in [1.165, 1.54) is 16.4 Å². The molecular weight excluding hydrogens is 438 g/mol. The van der Waals surface area contributed by atoms with Gasteiger partial charge in [0.05, 0.1) is 22.2 Å². The molecule has 6 nitrogen and oxygen atoms in total. The molecule has 0 unspecified atom stereocenters. The summed E-state index contributed by atoms with van der Waals surface area (Å²) in [4.78, 5) is 0.0903. The lowest BCUT2D eigenvalue weighted by Crippen LogP contribution is -2.35. The van der Waals surface area contributed by atoms with Crippen LogP contribution in [0.15, 0.2) is 71.6 Å². The number of para-hydroxylation sites is 2. The van der Waals surface area contributed by atoms with E-state index in [2.05, 4.69) is 0 Å². The number of fused-ring (bicyclic) bond motifs is 1. The van der Waals surface area contributed by atoms with Gasteiger partial charge < -0.3 is 14.2 Å². The molecule has 0 fully saturated rings. The van der Waals surface area contributed by atoms with Crippen molar-refractivity contribution in [2.75, 3.05) is 30.7 Å². The molecule has 1 aliphatic heterocycles. The van der Waals surface area contributed by atoms with Gasteiger partial charge in [0.2, 0.25) is 0 Å². The van der Waals surface area contributed by atoms with Crippen LogP contribution < -0.4 is 18.5 Å². The van der Waals surface area contributed by atoms with E-state index in [1.807, 2.05) is 31.2 Å². The largest absolute Gasteiger partial charge is 0.491 e. The Hall–Kier alpha value is -2.90. The maximum atomic E-state index is 13.6. The Balaban J connectivity index is 1.65. The number of nitrogens with zero attached hydrogens (tertiary/aromatic N) is 1. The third kappa shape index (κ3) is 4.57. The lowest BCUT2D eigenvalue weighted by Gasteiger charge is -2.26. The van der Waals surface area contributed by atoms with E-state index in [1.54, 1.807) is 30.3 Å². The number of aryl methyl sites for hydroxylation is 1. The molecule has 8 heteroatoms. The number of ether oxygens (including phenoxy) is 3. The molecular formula is C23H22ClNO5S. The van der Waals surface area contributed by atoms with E-state index < -0.39 is 10.0 Å². The smallest absolute Gasteiger partial charge is 0.264 e. The highest BCUT2D eigenvalue weighted by Crippen LogP contribution is 2.35. The van der Waals surface area contributed by atoms with Crippen molar-refractivity contribution in [1.82, 2.24) is 0 Å². The minimum Gasteiger partial charge on any atom is -0.491 e. The van der Waals surface area contributed by atoms with Gasteiger partial charge in [-0.05, 0) is 42.8 Å². The molecule has 3 aromatic carbocycles. The van der Waals surface area contributed by atoms with Crippen molar-refractivity contribution in [3.8, 4) is 17.2 Å². The number of anilines is 1. The summed E-state index contributed by atoms with van der Waals surface area (Å²) in [7, 11) is -3.94. The lowest BCUT2D eigenvalue weighted by molar-refractivity contribution is 0.171. The van der Waals surface area contributed by atoms with Crippen molar-refractivity contribution in [3.63, 3.8) is 0 Å². The van der Waals surface area contributed by atoms with Crippen LogP contribution in [0.4, 0.5) is 5.69 Å². The highest BCUT2D eigenvalue weighted by atomic mass is 35.5. The van der Waals surface area contributed by atoms with Crippen LogP contribution in [0.3, 0.4) is 0 Å². The summed E-state index contributed by atoms with van der Waals surface area (Å²) in [5.41, 5.74) is 1.36. The second-order valence-electron chi connectivity index (χ2n) is 6.95. The van der Waals surface area contributed by atoms with Crippen LogP contribution >= 0.6 is 11.6 Å². The molecule has 0 saturated heterocycles. The zero-order chi connectivity index (χ0) is 21.8. The standard InChI is InChI=1S/C23H22ClNO5S/c1-17-6-2-5-9-21(17)28-13-12-25(20-8-4-3-7-19(20)24)31(26,27)18-10-11-22-23(16-18)30-15-14-29-22/h2-11,16H,12-15H2,1H3. The number of hydrogen-bond acceptors (Lipinski definition) is 5. The van der Waals surface area contributed by atoms with Gasteiger partial charge in [-0.2, -0.15) is 0 Å². The van der Waals surface area contributed by atoms with Crippen LogP contribution in [0.2, 0.25) is 5.02 Å². The minimum absolute atomic E-state index is 0.0782. The first kappa shape index (κ1) is 21.3. The first-order valence-corrected chi connectivity index (χ1v) is 11.6. The Kier molecular flexibility index (Phi) is 6.25. The monoisotopic (exact) mass is 459 g/mol. The maximum Gasteiger partial charge on any atom is 0.264 e. The molecule has 0 aliphatic carbocycles. The predicted octanol–water partition coefficient (Wildman–Crippen LogP) is 4.69. The summed E-state index contributed by atoms with van der Waals surface area (Å²) < 4.78 is 45.4. The van der Waals surface area contributed by atoms with Gasteiger partial charge in [-0.1, -0.05) is 41.9 Å². The number of hydrogen-bond donors (Lipinski definition) is 0. The van der Waals surface area contributed by atoms with Crippen molar-refractivity contribution in [3.05, 3.63) is 77.3 Å². The van der Waals surface area contributed by atoms with E-state index in [0.29, 0.717) is 41.2 Å². The molecule has 0 atom stereocenters. The van der Waals surface area contributed by atoms with Gasteiger partial charge in [-0.25, -0.2) is 8.42 Å². The number of sulfonamides is 1. The van der Waals surface area contributed by atoms with E-state index in [4.69, 9.17) is 25.8 Å². The SMILES string of the molecule is Cc1ccccc1OCCN(c1ccccc1Cl)S(=O)(=O)c1ccc2c(c1)OCCO2. The fourth-order valence-electron chi connectivity index (χ4n) is 3.29. The summed E-state index contributed by atoms with van der Waals surface area (Å²) in [5, 5.41) is 0.333. The normalized spacial score (nSPS) is 13.0. The Morgan fingerprint density at radius 3 is 2.45 bits per heavy atom. The number of rotatable bonds is 7. The molecule has 1 aliphatic rings. The molecule has 0 amide bonds. The van der Waals surface area contributed by atoms with Crippen LogP contribution in [-0.4, -0.2) is 34.8 Å². The fraction of sp³-hybridized carbons (Fsp3) is 0.217. The Morgan fingerprint density at radius 1 is 0.968 bits per heavy atom. The second kappa shape index (κ2) is 9.08. The van der Waals surface area contributed by atoms with Crippen molar-refractivity contribution >= 4 is 27.3 Å². The van der Waals surface area contributed by atoms with Crippen LogP contribution in [0.5, 0.6) is 17.2 Å². The van der Waals surface area contributed by atoms with E-state index in [9.17, 15) is 8.42 Å². The number of benzene rings is 3. The van der Waals surface area contributed by atoms with E-state index in [-0.39, 0.29) is 18.0 Å². The molecule has 162 valence electrons. The van der Waals surface area contributed by atoms with Gasteiger partial charge in [-0.15, -0.1) is 0 Å². The Labute approximate surface area is 187 Å². The average molecular weight is 460 g/mol. The predicted molar refractivity (Wildman–Crippen MR) is 120 cm³/mol. The highest BCUT2D eigenvalue weighted by molar-refractivity contribution is 7.92. The molecule has 1 heterocycles. The molecule has 0 spiro atoms. The summed E-state index contributed by atoms with van der Waals surface area (Å²) in [5.74, 6) is 1.64. The lowest BCUT2D eigenvalue weighted by atomic mass is 10.2. The molecule has 0 bridgehead atoms. The average Bonchev–Trinajstić information content (AvgIpc) is 2.78. The van der Waals surface area contributed by atoms with Crippen molar-refractivity contribution < 1.29 is 22.6 Å². The molecule has 3 aromatic rings. The molecule has 0 aromatic heterocycles. The van der Waals surface area contributed by atoms with Crippen molar-refractivity contribution in [2.24, 2.45) is 0 Å². The van der Waals surface area contributed by atoms with Gasteiger partial charge in [-0.3, -0.25) is 4.31 Å². The molecule has 0 saturated carbocycles. The zero-order valence-corrected chi connectivity index (χ0v) is 18.5. The first-order valence-electron chi connectivity index (χ1n) is 9.82. The molecule has 0 N–H and O–H groups in total. The molecule has 31 heavy (non-hydrogen) atoms. The van der Waals surface area contributed by atoms with Gasteiger partial charge in [0.15, 0.2) is 11.5 Å². The summed E-state index contributed by atoms with van der Waals surface area (Å²) in [6.45, 7) is 2.97. The topological polar surface area (TPSA) is 65.1 Å². The van der Waals surface area contributed by atoms with Gasteiger partial charge in [0.1, 0.15) is 25.6 Å². The highest BCUT2D eigenvalue weighted by Gasteiger charge is 2.28. The van der Waals surface area contributed by atoms with Crippen LogP contribution in [0, 0.1) is 6.92 Å². The van der Waals surface area contributed by atoms with E-state index in [0.717, 1.165) is 5.56 Å². The Morgan fingerprint density at radius 2 is 1.68 bits per heavy atom. The summed E-state index contributed by atoms with van der Waals surface area (Å²) in [6, 6.07) is 19.0. The zero-order valence-electron chi connectivity index (χ0n) is 17.0. The van der Waals surface area contributed by atoms with E-state index >= 15 is 0 Å². The molecule has 4 rings (SSSR count).